The molecule has 3 aromatic rings. The average Bonchev–Trinajstić information content (AvgIpc) is 2.87. The summed E-state index contributed by atoms with van der Waals surface area (Å²) in [4.78, 5) is 13.2. The van der Waals surface area contributed by atoms with Gasteiger partial charge in [0.15, 0.2) is 0 Å². The number of likely N-dealkylation sites (N-methyl/N-ethyl adjacent to an activating group) is 1. The highest BCUT2D eigenvalue weighted by Gasteiger charge is 2.75. The minimum Gasteiger partial charge on any atom is -0.372 e. The van der Waals surface area contributed by atoms with Gasteiger partial charge < -0.3 is 15.7 Å². The Kier molecular flexibility index (Phi) is 9.27. The zero-order chi connectivity index (χ0) is 31.7. The first-order valence-electron chi connectivity index (χ1n) is 11.8. The van der Waals surface area contributed by atoms with E-state index >= 15 is 0 Å². The van der Waals surface area contributed by atoms with Crippen LogP contribution in [0.1, 0.15) is 34.2 Å². The highest BCUT2D eigenvalue weighted by Crippen LogP contribution is 2.46. The molecule has 0 saturated heterocycles. The quantitative estimate of drug-likeness (QED) is 0.257. The number of aliphatic hydroxyl groups is 1. The monoisotopic (exact) mass is 614 g/mol. The minimum absolute atomic E-state index is 0.0498. The highest BCUT2D eigenvalue weighted by atomic mass is 19.4. The molecule has 0 spiro atoms. The van der Waals surface area contributed by atoms with E-state index < -0.39 is 70.8 Å². The first-order chi connectivity index (χ1) is 19.3. The molecule has 0 radical (unpaired) electrons. The summed E-state index contributed by atoms with van der Waals surface area (Å²) in [5.74, 6) is -5.89. The fourth-order valence-electron chi connectivity index (χ4n) is 4.48. The lowest BCUT2D eigenvalue weighted by Crippen LogP contribution is -2.71. The van der Waals surface area contributed by atoms with Crippen molar-refractivity contribution in [2.24, 2.45) is 0 Å². The van der Waals surface area contributed by atoms with Gasteiger partial charge in [-0.1, -0.05) is 42.5 Å². The van der Waals surface area contributed by atoms with Crippen molar-refractivity contribution >= 4 is 5.91 Å². The summed E-state index contributed by atoms with van der Waals surface area (Å²) < 4.78 is 151. The Labute approximate surface area is 231 Å². The van der Waals surface area contributed by atoms with Crippen molar-refractivity contribution in [2.75, 3.05) is 7.05 Å². The lowest BCUT2D eigenvalue weighted by molar-refractivity contribution is -0.373. The fraction of sp³-hybridized carbons (Fsp3) is 0.296. The number of benzene rings is 3. The molecule has 1 unspecified atom stereocenters. The second-order valence-electron chi connectivity index (χ2n) is 9.18. The number of carbonyl (C=O) groups excluding carboxylic acids is 1. The summed E-state index contributed by atoms with van der Waals surface area (Å²) in [6.45, 7) is 0. The van der Waals surface area contributed by atoms with Crippen molar-refractivity contribution in [3.05, 3.63) is 107 Å². The Morgan fingerprint density at radius 2 is 1.26 bits per heavy atom. The Morgan fingerprint density at radius 3 is 1.74 bits per heavy atom. The molecule has 0 bridgehead atoms. The Bertz CT molecular complexity index is 1360. The maximum Gasteiger partial charge on any atom is 0.428 e. The van der Waals surface area contributed by atoms with Crippen molar-refractivity contribution in [1.29, 1.82) is 0 Å². The number of hydrogen-bond acceptors (Lipinski definition) is 3. The van der Waals surface area contributed by atoms with Crippen LogP contribution < -0.4 is 10.6 Å². The van der Waals surface area contributed by atoms with Crippen molar-refractivity contribution in [3.63, 3.8) is 0 Å². The van der Waals surface area contributed by atoms with E-state index in [4.69, 9.17) is 0 Å². The first kappa shape index (κ1) is 32.8. The minimum atomic E-state index is -6.43. The van der Waals surface area contributed by atoms with Crippen LogP contribution in [0.15, 0.2) is 72.8 Å². The Balaban J connectivity index is 2.28. The second kappa shape index (κ2) is 11.9. The molecule has 0 heterocycles. The molecule has 42 heavy (non-hydrogen) atoms. The number of carbonyl (C=O) groups is 1. The third-order valence-electron chi connectivity index (χ3n) is 6.46. The summed E-state index contributed by atoms with van der Waals surface area (Å²) in [5, 5.41) is 13.3. The molecule has 0 aliphatic heterocycles. The van der Waals surface area contributed by atoms with Gasteiger partial charge in [-0.3, -0.25) is 4.79 Å². The molecule has 0 fully saturated rings. The van der Waals surface area contributed by atoms with E-state index in [9.17, 15) is 58.2 Å². The van der Waals surface area contributed by atoms with Gasteiger partial charge in [0.25, 0.3) is 5.60 Å². The molecule has 3 rings (SSSR count). The molecule has 3 aromatic carbocycles. The smallest absolute Gasteiger partial charge is 0.372 e. The molecule has 4 nitrogen and oxygen atoms in total. The molecule has 0 aromatic heterocycles. The van der Waals surface area contributed by atoms with Crippen LogP contribution in [-0.2, 0) is 11.0 Å². The Hall–Kier alpha value is -3.72. The maximum atomic E-state index is 14.5. The standard InChI is InChI=1S/C27H21F11N2O2/c1-39-22(24(42,26(33,34)35)27(36,37)38)23(41)40-21(15-7-9-18(28)10-8-15)20(14-5-3-2-4-6-14)16-11-17(25(30,31)32)13-19(29)12-16/h2-13,20-22,39,42H,1H3,(H,40,41)/t20-,21?,22-/m1/s1. The van der Waals surface area contributed by atoms with Crippen LogP contribution >= 0.6 is 0 Å². The number of amides is 1. The van der Waals surface area contributed by atoms with Gasteiger partial charge >= 0.3 is 18.5 Å². The van der Waals surface area contributed by atoms with Gasteiger partial charge in [-0.15, -0.1) is 0 Å². The average molecular weight is 614 g/mol. The van der Waals surface area contributed by atoms with E-state index in [1.807, 2.05) is 5.32 Å². The van der Waals surface area contributed by atoms with E-state index in [1.165, 1.54) is 35.6 Å². The first-order valence-corrected chi connectivity index (χ1v) is 11.8. The molecule has 1 amide bonds. The van der Waals surface area contributed by atoms with Gasteiger partial charge in [0.1, 0.15) is 17.7 Å². The van der Waals surface area contributed by atoms with Crippen LogP contribution in [0.4, 0.5) is 48.3 Å². The third-order valence-corrected chi connectivity index (χ3v) is 6.46. The molecular formula is C27H21F11N2O2. The maximum absolute atomic E-state index is 14.5. The lowest BCUT2D eigenvalue weighted by Gasteiger charge is -2.39. The van der Waals surface area contributed by atoms with Crippen molar-refractivity contribution < 1.29 is 58.2 Å². The molecular weight excluding hydrogens is 593 g/mol. The van der Waals surface area contributed by atoms with E-state index in [2.05, 4.69) is 0 Å². The predicted molar refractivity (Wildman–Crippen MR) is 127 cm³/mol. The van der Waals surface area contributed by atoms with E-state index in [1.54, 1.807) is 0 Å². The summed E-state index contributed by atoms with van der Waals surface area (Å²) in [6, 6.07) is 6.54. The summed E-state index contributed by atoms with van der Waals surface area (Å²) in [6.07, 6.45) is -17.9. The fourth-order valence-corrected chi connectivity index (χ4v) is 4.48. The van der Waals surface area contributed by atoms with Gasteiger partial charge in [0.05, 0.1) is 11.6 Å². The topological polar surface area (TPSA) is 61.4 Å². The number of hydrogen-bond donors (Lipinski definition) is 3. The zero-order valence-corrected chi connectivity index (χ0v) is 21.2. The van der Waals surface area contributed by atoms with E-state index in [0.717, 1.165) is 24.3 Å². The molecule has 0 aliphatic carbocycles. The molecule has 15 heteroatoms. The largest absolute Gasteiger partial charge is 0.428 e. The summed E-state index contributed by atoms with van der Waals surface area (Å²) in [7, 11) is 0.538. The number of rotatable bonds is 8. The van der Waals surface area contributed by atoms with E-state index in [-0.39, 0.29) is 17.2 Å². The normalized spacial score (nSPS) is 15.2. The summed E-state index contributed by atoms with van der Waals surface area (Å²) >= 11 is 0. The van der Waals surface area contributed by atoms with Gasteiger partial charge in [0.2, 0.25) is 5.91 Å². The van der Waals surface area contributed by atoms with Crippen molar-refractivity contribution in [1.82, 2.24) is 10.6 Å². The van der Waals surface area contributed by atoms with Crippen LogP contribution in [0.2, 0.25) is 0 Å². The van der Waals surface area contributed by atoms with Crippen LogP contribution in [0.3, 0.4) is 0 Å². The van der Waals surface area contributed by atoms with Crippen molar-refractivity contribution in [2.45, 2.75) is 42.1 Å². The number of nitrogens with one attached hydrogen (secondary N) is 2. The molecule has 0 saturated carbocycles. The number of halogens is 11. The molecule has 3 N–H and O–H groups in total. The molecule has 3 atom stereocenters. The van der Waals surface area contributed by atoms with Crippen LogP contribution in [0, 0.1) is 11.6 Å². The predicted octanol–water partition coefficient (Wildman–Crippen LogP) is 6.42. The van der Waals surface area contributed by atoms with Gasteiger partial charge in [0, 0.05) is 5.92 Å². The third kappa shape index (κ3) is 6.67. The van der Waals surface area contributed by atoms with Crippen molar-refractivity contribution in [3.8, 4) is 0 Å². The zero-order valence-electron chi connectivity index (χ0n) is 21.2. The Morgan fingerprint density at radius 1 is 0.714 bits per heavy atom. The van der Waals surface area contributed by atoms with Crippen LogP contribution in [0.25, 0.3) is 0 Å². The van der Waals surface area contributed by atoms with E-state index in [0.29, 0.717) is 19.2 Å². The summed E-state index contributed by atoms with van der Waals surface area (Å²) in [5.41, 5.74) is -7.70. The SMILES string of the molecule is CN[C@H](C(=O)NC(c1ccc(F)cc1)[C@H](c1ccccc1)c1cc(F)cc(C(F)(F)F)c1)C(O)(C(F)(F)F)C(F)(F)F. The lowest BCUT2D eigenvalue weighted by atomic mass is 9.80. The molecule has 0 aliphatic rings. The van der Waals surface area contributed by atoms with Gasteiger partial charge in [-0.2, -0.15) is 39.5 Å². The van der Waals surface area contributed by atoms with Gasteiger partial charge in [-0.05, 0) is 54.1 Å². The highest BCUT2D eigenvalue weighted by molar-refractivity contribution is 5.84. The second-order valence-corrected chi connectivity index (χ2v) is 9.18. The van der Waals surface area contributed by atoms with Gasteiger partial charge in [-0.25, -0.2) is 8.78 Å². The van der Waals surface area contributed by atoms with Crippen LogP contribution in [0.5, 0.6) is 0 Å². The van der Waals surface area contributed by atoms with Crippen LogP contribution in [-0.4, -0.2) is 42.1 Å². The number of alkyl halides is 9. The molecule has 228 valence electrons.